The van der Waals surface area contributed by atoms with Crippen molar-refractivity contribution in [2.75, 3.05) is 20.6 Å². The maximum atomic E-state index is 3.71. The maximum absolute atomic E-state index is 3.71. The third kappa shape index (κ3) is 2.52. The summed E-state index contributed by atoms with van der Waals surface area (Å²) in [4.78, 5) is 0. The Bertz CT molecular complexity index is 66.4. The van der Waals surface area contributed by atoms with E-state index in [-0.39, 0.29) is 0 Å². The van der Waals surface area contributed by atoms with E-state index < -0.39 is 0 Å². The summed E-state index contributed by atoms with van der Waals surface area (Å²) in [6.07, 6.45) is 0. The highest BCUT2D eigenvalue weighted by molar-refractivity contribution is 4.28. The van der Waals surface area contributed by atoms with Gasteiger partial charge in [-0.25, -0.2) is 10.5 Å². The van der Waals surface area contributed by atoms with Crippen molar-refractivity contribution in [2.45, 2.75) is 6.92 Å². The molecule has 4 nitrogen and oxygen atoms in total. The predicted molar refractivity (Wildman–Crippen MR) is 32.2 cm³/mol. The normalized spacial score (nSPS) is 10.4. The van der Waals surface area contributed by atoms with Gasteiger partial charge in [0.05, 0.1) is 13.6 Å². The van der Waals surface area contributed by atoms with Gasteiger partial charge in [0.1, 0.15) is 0 Å². The van der Waals surface area contributed by atoms with Gasteiger partial charge in [-0.2, -0.15) is 5.11 Å². The van der Waals surface area contributed by atoms with Crippen LogP contribution in [0.25, 0.3) is 0 Å². The summed E-state index contributed by atoms with van der Waals surface area (Å²) in [5, 5.41) is 8.91. The van der Waals surface area contributed by atoms with Gasteiger partial charge < -0.3 is 0 Å². The molecule has 8 heavy (non-hydrogen) atoms. The minimum absolute atomic E-state index is 0.827. The summed E-state index contributed by atoms with van der Waals surface area (Å²) in [5.74, 6) is 0. The Labute approximate surface area is 49.5 Å². The molecule has 0 atom stereocenters. The van der Waals surface area contributed by atoms with Gasteiger partial charge in [-0.1, -0.05) is 5.22 Å². The van der Waals surface area contributed by atoms with Crippen LogP contribution in [0, 0.1) is 0 Å². The smallest absolute Gasteiger partial charge is 0.0521 e. The van der Waals surface area contributed by atoms with Crippen molar-refractivity contribution >= 4 is 0 Å². The van der Waals surface area contributed by atoms with Crippen molar-refractivity contribution in [3.05, 3.63) is 0 Å². The summed E-state index contributed by atoms with van der Waals surface area (Å²) in [6, 6.07) is 0. The molecule has 0 rings (SSSR count). The number of rotatable bonds is 3. The van der Waals surface area contributed by atoms with E-state index in [0.717, 1.165) is 6.54 Å². The Morgan fingerprint density at radius 1 is 1.62 bits per heavy atom. The first kappa shape index (κ1) is 7.36. The Kier molecular flexibility index (Phi) is 4.16. The van der Waals surface area contributed by atoms with Gasteiger partial charge in [-0.05, 0) is 6.92 Å². The zero-order chi connectivity index (χ0) is 6.41. The second-order valence-electron chi connectivity index (χ2n) is 1.23. The molecular formula is C4H12N4. The third-order valence-electron chi connectivity index (χ3n) is 0.755. The van der Waals surface area contributed by atoms with Crippen molar-refractivity contribution in [1.29, 1.82) is 0 Å². The Morgan fingerprint density at radius 2 is 2.25 bits per heavy atom. The topological polar surface area (TPSA) is 40.0 Å². The highest BCUT2D eigenvalue weighted by Crippen LogP contribution is 1.79. The second-order valence-corrected chi connectivity index (χ2v) is 1.23. The Hall–Kier alpha value is -0.640. The second kappa shape index (κ2) is 4.52. The van der Waals surface area contributed by atoms with Crippen LogP contribution in [-0.2, 0) is 0 Å². The molecule has 0 saturated heterocycles. The molecule has 0 aromatic rings. The van der Waals surface area contributed by atoms with Crippen LogP contribution in [0.1, 0.15) is 6.92 Å². The van der Waals surface area contributed by atoms with Gasteiger partial charge in [0.2, 0.25) is 0 Å². The van der Waals surface area contributed by atoms with Crippen molar-refractivity contribution < 1.29 is 0 Å². The van der Waals surface area contributed by atoms with Crippen LogP contribution in [0.15, 0.2) is 10.3 Å². The maximum Gasteiger partial charge on any atom is 0.0521 e. The van der Waals surface area contributed by atoms with Crippen molar-refractivity contribution in [3.8, 4) is 0 Å². The lowest BCUT2D eigenvalue weighted by atomic mass is 10.8. The highest BCUT2D eigenvalue weighted by atomic mass is 15.7. The summed E-state index contributed by atoms with van der Waals surface area (Å²) in [6.45, 7) is 2.82. The number of hydrogen-bond donors (Lipinski definition) is 1. The number of hydrazine groups is 1. The lowest BCUT2D eigenvalue weighted by Gasteiger charge is -2.10. The van der Waals surface area contributed by atoms with E-state index in [0.29, 0.717) is 0 Å². The first-order valence-corrected chi connectivity index (χ1v) is 2.59. The molecule has 0 fully saturated rings. The highest BCUT2D eigenvalue weighted by Gasteiger charge is 1.86. The molecule has 0 unspecified atom stereocenters. The fraction of sp³-hybridized carbons (Fsp3) is 1.00. The third-order valence-corrected chi connectivity index (χ3v) is 0.755. The largest absolute Gasteiger partial charge is 0.220 e. The van der Waals surface area contributed by atoms with Gasteiger partial charge in [0, 0.05) is 7.05 Å². The predicted octanol–water partition coefficient (Wildman–Crippen LogP) is 0.440. The molecule has 48 valence electrons. The average Bonchev–Trinajstić information content (AvgIpc) is 1.83. The van der Waals surface area contributed by atoms with Crippen LogP contribution in [0.3, 0.4) is 0 Å². The van der Waals surface area contributed by atoms with Crippen LogP contribution in [0.5, 0.6) is 0 Å². The van der Waals surface area contributed by atoms with Gasteiger partial charge in [0.15, 0.2) is 0 Å². The van der Waals surface area contributed by atoms with E-state index in [1.54, 1.807) is 19.2 Å². The molecule has 1 N–H and O–H groups in total. The number of nitrogens with one attached hydrogen (secondary N) is 1. The van der Waals surface area contributed by atoms with Gasteiger partial charge >= 0.3 is 0 Å². The zero-order valence-corrected chi connectivity index (χ0v) is 5.55. The summed E-state index contributed by atoms with van der Waals surface area (Å²) in [5.41, 5.74) is 2.83. The van der Waals surface area contributed by atoms with Gasteiger partial charge in [0.25, 0.3) is 0 Å². The van der Waals surface area contributed by atoms with Gasteiger partial charge in [-0.3, -0.25) is 0 Å². The summed E-state index contributed by atoms with van der Waals surface area (Å²) < 4.78 is 0. The molecule has 0 aliphatic rings. The van der Waals surface area contributed by atoms with E-state index in [1.165, 1.54) is 0 Å². The van der Waals surface area contributed by atoms with Crippen molar-refractivity contribution in [1.82, 2.24) is 10.5 Å². The Morgan fingerprint density at radius 3 is 2.38 bits per heavy atom. The molecule has 4 heteroatoms. The molecule has 0 saturated carbocycles. The van der Waals surface area contributed by atoms with Crippen LogP contribution in [-0.4, -0.2) is 25.8 Å². The zero-order valence-electron chi connectivity index (χ0n) is 5.55. The fourth-order valence-corrected chi connectivity index (χ4v) is 0.374. The lowest BCUT2D eigenvalue weighted by molar-refractivity contribution is 0.212. The van der Waals surface area contributed by atoms with E-state index >= 15 is 0 Å². The first-order chi connectivity index (χ1) is 3.85. The average molecular weight is 116 g/mol. The van der Waals surface area contributed by atoms with Crippen LogP contribution >= 0.6 is 0 Å². The lowest BCUT2D eigenvalue weighted by Crippen LogP contribution is -2.28. The van der Waals surface area contributed by atoms with Crippen molar-refractivity contribution in [3.63, 3.8) is 0 Å². The summed E-state index contributed by atoms with van der Waals surface area (Å²) >= 11 is 0. The van der Waals surface area contributed by atoms with Gasteiger partial charge in [-0.15, -0.1) is 0 Å². The van der Waals surface area contributed by atoms with Crippen molar-refractivity contribution in [2.24, 2.45) is 10.3 Å². The first-order valence-electron chi connectivity index (χ1n) is 2.59. The van der Waals surface area contributed by atoms with Crippen LogP contribution < -0.4 is 5.43 Å². The van der Waals surface area contributed by atoms with E-state index in [9.17, 15) is 0 Å². The summed E-state index contributed by atoms with van der Waals surface area (Å²) in [7, 11) is 3.44. The molecular weight excluding hydrogens is 104 g/mol. The number of hydrogen-bond acceptors (Lipinski definition) is 3. The minimum atomic E-state index is 0.827. The van der Waals surface area contributed by atoms with E-state index in [2.05, 4.69) is 15.8 Å². The van der Waals surface area contributed by atoms with Crippen LogP contribution in [0.4, 0.5) is 0 Å². The van der Waals surface area contributed by atoms with E-state index in [1.807, 2.05) is 6.92 Å². The SMILES string of the molecule is CCN(N=NC)NC. The van der Waals surface area contributed by atoms with E-state index in [4.69, 9.17) is 0 Å². The molecule has 0 radical (unpaired) electrons. The molecule has 0 amide bonds. The molecule has 0 heterocycles. The minimum Gasteiger partial charge on any atom is -0.220 e. The van der Waals surface area contributed by atoms with Crippen LogP contribution in [0.2, 0.25) is 0 Å². The molecule has 0 spiro atoms. The molecule has 0 aromatic carbocycles. The molecule has 0 aliphatic heterocycles. The number of nitrogens with zero attached hydrogens (tertiary/aromatic N) is 3. The standard InChI is InChI=1S/C4H12N4/c1-4-8(6-3)7-5-2/h6H,4H2,1-3H3. The monoisotopic (exact) mass is 116 g/mol. The quantitative estimate of drug-likeness (QED) is 0.429. The molecule has 0 aromatic heterocycles. The Balaban J connectivity index is 3.36. The molecule has 0 aliphatic carbocycles. The molecule has 0 bridgehead atoms. The fourth-order valence-electron chi connectivity index (χ4n) is 0.374.